The Balaban J connectivity index is 2.87. The molecule has 0 heterocycles. The fraction of sp³-hybridized carbons (Fsp3) is 0.250. The molecule has 1 aromatic carbocycles. The minimum atomic E-state index is -0.590. The second-order valence-corrected chi connectivity index (χ2v) is 3.49. The molecule has 0 saturated heterocycles. The minimum absolute atomic E-state index is 0.0217. The van der Waals surface area contributed by atoms with Crippen molar-refractivity contribution in [3.63, 3.8) is 0 Å². The molecular formula is C12H12ClNO3. The molecule has 1 rings (SSSR count). The van der Waals surface area contributed by atoms with Crippen molar-refractivity contribution < 1.29 is 14.6 Å². The summed E-state index contributed by atoms with van der Waals surface area (Å²) in [5.74, 6) is 5.62. The third kappa shape index (κ3) is 4.35. The summed E-state index contributed by atoms with van der Waals surface area (Å²) in [4.78, 5) is 11.0. The summed E-state index contributed by atoms with van der Waals surface area (Å²) in [7, 11) is 1.27. The highest BCUT2D eigenvalue weighted by atomic mass is 35.5. The van der Waals surface area contributed by atoms with E-state index in [1.54, 1.807) is 18.2 Å². The Morgan fingerprint density at radius 2 is 2.35 bits per heavy atom. The van der Waals surface area contributed by atoms with E-state index in [4.69, 9.17) is 16.7 Å². The molecule has 0 aliphatic rings. The second kappa shape index (κ2) is 6.79. The van der Waals surface area contributed by atoms with Crippen LogP contribution in [-0.4, -0.2) is 24.9 Å². The van der Waals surface area contributed by atoms with Gasteiger partial charge in [-0.2, -0.15) is 0 Å². The fourth-order valence-corrected chi connectivity index (χ4v) is 1.25. The highest BCUT2D eigenvalue weighted by Gasteiger charge is 2.05. The lowest BCUT2D eigenvalue weighted by Gasteiger charge is -2.05. The molecule has 5 heteroatoms. The molecule has 90 valence electrons. The quantitative estimate of drug-likeness (QED) is 0.795. The molecule has 0 atom stereocenters. The molecule has 0 saturated carbocycles. The third-order valence-corrected chi connectivity index (χ3v) is 2.19. The van der Waals surface area contributed by atoms with Crippen LogP contribution in [0, 0.1) is 11.8 Å². The zero-order chi connectivity index (χ0) is 12.7. The topological polar surface area (TPSA) is 58.6 Å². The summed E-state index contributed by atoms with van der Waals surface area (Å²) in [5.41, 5.74) is 1.14. The van der Waals surface area contributed by atoms with Gasteiger partial charge in [0.25, 0.3) is 0 Å². The first-order valence-electron chi connectivity index (χ1n) is 4.91. The van der Waals surface area contributed by atoms with Gasteiger partial charge in [0, 0.05) is 12.0 Å². The molecule has 1 aromatic rings. The van der Waals surface area contributed by atoms with E-state index in [1.165, 1.54) is 7.11 Å². The van der Waals surface area contributed by atoms with Gasteiger partial charge in [-0.05, 0) is 18.2 Å². The molecule has 2 N–H and O–H groups in total. The number of carbonyl (C=O) groups is 1. The first-order valence-corrected chi connectivity index (χ1v) is 5.29. The average molecular weight is 254 g/mol. The summed E-state index contributed by atoms with van der Waals surface area (Å²) in [6.45, 7) is 0.0217. The van der Waals surface area contributed by atoms with Gasteiger partial charge in [0.2, 0.25) is 0 Å². The third-order valence-electron chi connectivity index (χ3n) is 1.86. The van der Waals surface area contributed by atoms with E-state index in [2.05, 4.69) is 21.9 Å². The number of carbonyl (C=O) groups excluding carboxylic acids is 1. The van der Waals surface area contributed by atoms with Gasteiger partial charge in [-0.15, -0.1) is 0 Å². The highest BCUT2D eigenvalue weighted by molar-refractivity contribution is 6.33. The maximum absolute atomic E-state index is 11.0. The van der Waals surface area contributed by atoms with E-state index in [0.29, 0.717) is 22.7 Å². The fourth-order valence-electron chi connectivity index (χ4n) is 1.08. The van der Waals surface area contributed by atoms with E-state index in [1.807, 2.05) is 0 Å². The predicted molar refractivity (Wildman–Crippen MR) is 66.1 cm³/mol. The lowest BCUT2D eigenvalue weighted by Crippen LogP contribution is -2.11. The van der Waals surface area contributed by atoms with Crippen LogP contribution in [0.25, 0.3) is 0 Å². The Labute approximate surface area is 105 Å². The lowest BCUT2D eigenvalue weighted by atomic mass is 10.2. The molecule has 0 radical (unpaired) electrons. The van der Waals surface area contributed by atoms with Crippen LogP contribution in [0.3, 0.4) is 0 Å². The van der Waals surface area contributed by atoms with Gasteiger partial charge in [0.05, 0.1) is 24.4 Å². The zero-order valence-corrected chi connectivity index (χ0v) is 10.0. The van der Waals surface area contributed by atoms with Crippen molar-refractivity contribution in [1.82, 2.24) is 0 Å². The Morgan fingerprint density at radius 3 is 3.00 bits per heavy atom. The smallest absolute Gasteiger partial charge is 0.411 e. The molecule has 4 nitrogen and oxygen atoms in total. The molecule has 0 aliphatic heterocycles. The SMILES string of the molecule is COC(=O)Nc1cc(C#CCCO)ccc1Cl. The normalized spacial score (nSPS) is 9.12. The number of hydrogen-bond acceptors (Lipinski definition) is 3. The number of amides is 1. The molecule has 1 amide bonds. The molecule has 17 heavy (non-hydrogen) atoms. The van der Waals surface area contributed by atoms with E-state index >= 15 is 0 Å². The van der Waals surface area contributed by atoms with Gasteiger partial charge in [-0.3, -0.25) is 5.32 Å². The summed E-state index contributed by atoms with van der Waals surface area (Å²) in [5, 5.41) is 11.5. The first kappa shape index (κ1) is 13.4. The van der Waals surface area contributed by atoms with Gasteiger partial charge in [0.1, 0.15) is 0 Å². The number of rotatable bonds is 2. The monoisotopic (exact) mass is 253 g/mol. The van der Waals surface area contributed by atoms with Crippen LogP contribution < -0.4 is 5.32 Å². The van der Waals surface area contributed by atoms with Crippen LogP contribution in [0.15, 0.2) is 18.2 Å². The van der Waals surface area contributed by atoms with E-state index < -0.39 is 6.09 Å². The molecule has 0 aromatic heterocycles. The maximum Gasteiger partial charge on any atom is 0.411 e. The predicted octanol–water partition coefficient (Wildman–Crippen LogP) is 2.25. The average Bonchev–Trinajstić information content (AvgIpc) is 2.33. The number of halogens is 1. The molecule has 0 unspecified atom stereocenters. The number of aliphatic hydroxyl groups excluding tert-OH is 1. The Kier molecular flexibility index (Phi) is 5.34. The number of hydrogen-bond donors (Lipinski definition) is 2. The summed E-state index contributed by atoms with van der Waals surface area (Å²) < 4.78 is 4.47. The van der Waals surface area contributed by atoms with E-state index in [0.717, 1.165) is 0 Å². The largest absolute Gasteiger partial charge is 0.453 e. The van der Waals surface area contributed by atoms with Gasteiger partial charge >= 0.3 is 6.09 Å². The van der Waals surface area contributed by atoms with Crippen molar-refractivity contribution in [1.29, 1.82) is 0 Å². The van der Waals surface area contributed by atoms with Crippen LogP contribution in [0.1, 0.15) is 12.0 Å². The van der Waals surface area contributed by atoms with Gasteiger partial charge < -0.3 is 9.84 Å². The summed E-state index contributed by atoms with van der Waals surface area (Å²) in [6, 6.07) is 5.01. The van der Waals surface area contributed by atoms with Crippen molar-refractivity contribution in [3.05, 3.63) is 28.8 Å². The van der Waals surface area contributed by atoms with Crippen LogP contribution in [0.4, 0.5) is 10.5 Å². The van der Waals surface area contributed by atoms with Gasteiger partial charge in [-0.25, -0.2) is 4.79 Å². The number of ether oxygens (including phenoxy) is 1. The van der Waals surface area contributed by atoms with Crippen LogP contribution in [0.5, 0.6) is 0 Å². The first-order chi connectivity index (χ1) is 8.17. The second-order valence-electron chi connectivity index (χ2n) is 3.09. The van der Waals surface area contributed by atoms with E-state index in [-0.39, 0.29) is 6.61 Å². The minimum Gasteiger partial charge on any atom is -0.453 e. The van der Waals surface area contributed by atoms with Crippen LogP contribution in [-0.2, 0) is 4.74 Å². The van der Waals surface area contributed by atoms with Gasteiger partial charge in [0.15, 0.2) is 0 Å². The van der Waals surface area contributed by atoms with Crippen LogP contribution >= 0.6 is 11.6 Å². The molecule has 0 bridgehead atoms. The standard InChI is InChI=1S/C12H12ClNO3/c1-17-12(16)14-11-8-9(4-2-3-7-15)5-6-10(11)13/h5-6,8,15H,3,7H2,1H3,(H,14,16). The molecule has 0 aliphatic carbocycles. The Hall–Kier alpha value is -1.70. The molecule has 0 fully saturated rings. The maximum atomic E-state index is 11.0. The van der Waals surface area contributed by atoms with Crippen LogP contribution in [0.2, 0.25) is 5.02 Å². The van der Waals surface area contributed by atoms with Crippen molar-refractivity contribution >= 4 is 23.4 Å². The van der Waals surface area contributed by atoms with Crippen molar-refractivity contribution in [2.75, 3.05) is 19.0 Å². The number of anilines is 1. The van der Waals surface area contributed by atoms with Crippen molar-refractivity contribution in [3.8, 4) is 11.8 Å². The van der Waals surface area contributed by atoms with Crippen molar-refractivity contribution in [2.24, 2.45) is 0 Å². The molecule has 0 spiro atoms. The Morgan fingerprint density at radius 1 is 1.59 bits per heavy atom. The van der Waals surface area contributed by atoms with E-state index in [9.17, 15) is 4.79 Å². The summed E-state index contributed by atoms with van der Waals surface area (Å²) in [6.07, 6.45) is -0.185. The number of benzene rings is 1. The van der Waals surface area contributed by atoms with Gasteiger partial charge in [-0.1, -0.05) is 23.4 Å². The number of methoxy groups -OCH3 is 1. The lowest BCUT2D eigenvalue weighted by molar-refractivity contribution is 0.187. The summed E-state index contributed by atoms with van der Waals surface area (Å²) >= 11 is 5.90. The number of aliphatic hydroxyl groups is 1. The zero-order valence-electron chi connectivity index (χ0n) is 9.29. The van der Waals surface area contributed by atoms with Crippen molar-refractivity contribution in [2.45, 2.75) is 6.42 Å². The Bertz CT molecular complexity index is 463. The number of nitrogens with one attached hydrogen (secondary N) is 1. The molecular weight excluding hydrogens is 242 g/mol. The highest BCUT2D eigenvalue weighted by Crippen LogP contribution is 2.22.